The smallest absolute Gasteiger partial charge is 0.161 e. The Morgan fingerprint density at radius 2 is 1.92 bits per heavy atom. The molecule has 24 heavy (non-hydrogen) atoms. The van der Waals surface area contributed by atoms with Crippen LogP contribution in [0.5, 0.6) is 0 Å². The van der Waals surface area contributed by atoms with Gasteiger partial charge in [-0.3, -0.25) is 4.98 Å². The summed E-state index contributed by atoms with van der Waals surface area (Å²) in [6.45, 7) is 4.07. The number of nitrogens with zero attached hydrogens (tertiary/aromatic N) is 4. The van der Waals surface area contributed by atoms with Gasteiger partial charge >= 0.3 is 0 Å². The van der Waals surface area contributed by atoms with Gasteiger partial charge in [0.15, 0.2) is 5.82 Å². The van der Waals surface area contributed by atoms with E-state index in [9.17, 15) is 0 Å². The summed E-state index contributed by atoms with van der Waals surface area (Å²) in [6, 6.07) is 11.7. The fourth-order valence-electron chi connectivity index (χ4n) is 2.87. The highest BCUT2D eigenvalue weighted by molar-refractivity contribution is 8.14. The van der Waals surface area contributed by atoms with E-state index in [1.165, 1.54) is 0 Å². The lowest BCUT2D eigenvalue weighted by molar-refractivity contribution is 0.863. The molecule has 0 fully saturated rings. The zero-order valence-corrected chi connectivity index (χ0v) is 14.8. The SMILES string of the molecule is CC1=Nc2c(c(C)nn2-c2ccc(Cl)cc2)[C@H](c2cccnc2)S1. The highest BCUT2D eigenvalue weighted by Crippen LogP contribution is 2.47. The first kappa shape index (κ1) is 15.4. The molecule has 0 amide bonds. The molecule has 2 aromatic heterocycles. The third-order valence-corrected chi connectivity index (χ3v) is 5.38. The highest BCUT2D eigenvalue weighted by Gasteiger charge is 2.30. The second kappa shape index (κ2) is 6.07. The topological polar surface area (TPSA) is 43.1 Å². The van der Waals surface area contributed by atoms with Gasteiger partial charge in [0.25, 0.3) is 0 Å². The van der Waals surface area contributed by atoms with E-state index in [1.807, 2.05) is 55.1 Å². The van der Waals surface area contributed by atoms with Gasteiger partial charge in [0.05, 0.1) is 21.7 Å². The molecule has 4 nitrogen and oxygen atoms in total. The quantitative estimate of drug-likeness (QED) is 0.641. The van der Waals surface area contributed by atoms with E-state index in [2.05, 4.69) is 11.1 Å². The Bertz CT molecular complexity index is 916. The maximum atomic E-state index is 6.01. The number of benzene rings is 1. The minimum atomic E-state index is 0.159. The van der Waals surface area contributed by atoms with Crippen molar-refractivity contribution >= 4 is 34.2 Å². The van der Waals surface area contributed by atoms with Crippen LogP contribution in [0.3, 0.4) is 0 Å². The zero-order chi connectivity index (χ0) is 16.7. The average Bonchev–Trinajstić information content (AvgIpc) is 2.92. The maximum absolute atomic E-state index is 6.01. The first-order chi connectivity index (χ1) is 11.6. The van der Waals surface area contributed by atoms with Crippen LogP contribution in [0.1, 0.15) is 29.0 Å². The van der Waals surface area contributed by atoms with Crippen molar-refractivity contribution in [1.82, 2.24) is 14.8 Å². The third kappa shape index (κ3) is 2.64. The normalized spacial score (nSPS) is 16.6. The Morgan fingerprint density at radius 1 is 1.12 bits per heavy atom. The molecule has 4 rings (SSSR count). The van der Waals surface area contributed by atoms with Gasteiger partial charge in [-0.15, -0.1) is 0 Å². The summed E-state index contributed by atoms with van der Waals surface area (Å²) >= 11 is 7.75. The van der Waals surface area contributed by atoms with Crippen molar-refractivity contribution in [2.75, 3.05) is 0 Å². The summed E-state index contributed by atoms with van der Waals surface area (Å²) in [5, 5.41) is 6.62. The van der Waals surface area contributed by atoms with Crippen molar-refractivity contribution in [2.45, 2.75) is 19.1 Å². The minimum Gasteiger partial charge on any atom is -0.264 e. The van der Waals surface area contributed by atoms with E-state index in [4.69, 9.17) is 21.7 Å². The molecule has 3 aromatic rings. The monoisotopic (exact) mass is 354 g/mol. The molecule has 6 heteroatoms. The second-order valence-electron chi connectivity index (χ2n) is 5.63. The third-order valence-electron chi connectivity index (χ3n) is 3.95. The second-order valence-corrected chi connectivity index (χ2v) is 7.36. The molecule has 0 unspecified atom stereocenters. The van der Waals surface area contributed by atoms with Crippen molar-refractivity contribution in [3.8, 4) is 5.69 Å². The Balaban J connectivity index is 1.89. The average molecular weight is 355 g/mol. The molecular weight excluding hydrogens is 340 g/mol. The fourth-order valence-corrected chi connectivity index (χ4v) is 4.15. The molecule has 0 aliphatic carbocycles. The first-order valence-corrected chi connectivity index (χ1v) is 8.86. The zero-order valence-electron chi connectivity index (χ0n) is 13.3. The number of aliphatic imine (C=N–C) groups is 1. The number of rotatable bonds is 2. The van der Waals surface area contributed by atoms with Crippen molar-refractivity contribution < 1.29 is 0 Å². The Labute approximate surface area is 149 Å². The highest BCUT2D eigenvalue weighted by atomic mass is 35.5. The van der Waals surface area contributed by atoms with Crippen LogP contribution in [0.15, 0.2) is 53.8 Å². The first-order valence-electron chi connectivity index (χ1n) is 7.61. The van der Waals surface area contributed by atoms with Gasteiger partial charge in [0.1, 0.15) is 0 Å². The van der Waals surface area contributed by atoms with Crippen LogP contribution >= 0.6 is 23.4 Å². The maximum Gasteiger partial charge on any atom is 0.161 e. The molecular formula is C18H15ClN4S. The molecule has 0 N–H and O–H groups in total. The molecule has 0 radical (unpaired) electrons. The van der Waals surface area contributed by atoms with Crippen LogP contribution in [-0.2, 0) is 0 Å². The van der Waals surface area contributed by atoms with Crippen molar-refractivity contribution in [1.29, 1.82) is 0 Å². The fraction of sp³-hybridized carbons (Fsp3) is 0.167. The summed E-state index contributed by atoms with van der Waals surface area (Å²) in [4.78, 5) is 9.03. The van der Waals surface area contributed by atoms with Crippen molar-refractivity contribution in [3.05, 3.63) is 70.6 Å². The number of fused-ring (bicyclic) bond motifs is 1. The molecule has 1 aliphatic heterocycles. The molecule has 1 aliphatic rings. The molecule has 0 spiro atoms. The number of aromatic nitrogens is 3. The molecule has 1 aromatic carbocycles. The van der Waals surface area contributed by atoms with Crippen molar-refractivity contribution in [3.63, 3.8) is 0 Å². The van der Waals surface area contributed by atoms with E-state index in [0.717, 1.165) is 33.4 Å². The van der Waals surface area contributed by atoms with Crippen LogP contribution in [-0.4, -0.2) is 19.8 Å². The minimum absolute atomic E-state index is 0.159. The number of thioether (sulfide) groups is 1. The summed E-state index contributed by atoms with van der Waals surface area (Å²) < 4.78 is 1.90. The van der Waals surface area contributed by atoms with Crippen LogP contribution in [0.4, 0.5) is 5.82 Å². The number of halogens is 1. The van der Waals surface area contributed by atoms with Crippen LogP contribution in [0.2, 0.25) is 5.02 Å². The molecule has 0 saturated carbocycles. The largest absolute Gasteiger partial charge is 0.264 e. The Kier molecular flexibility index (Phi) is 3.90. The van der Waals surface area contributed by atoms with Crippen molar-refractivity contribution in [2.24, 2.45) is 4.99 Å². The Morgan fingerprint density at radius 3 is 2.62 bits per heavy atom. The van der Waals surface area contributed by atoms with E-state index in [1.54, 1.807) is 18.0 Å². The lowest BCUT2D eigenvalue weighted by Gasteiger charge is -2.21. The van der Waals surface area contributed by atoms with Gasteiger partial charge in [-0.1, -0.05) is 29.4 Å². The van der Waals surface area contributed by atoms with Gasteiger partial charge in [-0.05, 0) is 49.7 Å². The van der Waals surface area contributed by atoms with Gasteiger partial charge in [0.2, 0.25) is 0 Å². The van der Waals surface area contributed by atoms with Crippen LogP contribution < -0.4 is 0 Å². The number of hydrogen-bond acceptors (Lipinski definition) is 4. The summed E-state index contributed by atoms with van der Waals surface area (Å²) in [5.74, 6) is 0.889. The van der Waals surface area contributed by atoms with E-state index in [-0.39, 0.29) is 5.25 Å². The van der Waals surface area contributed by atoms with E-state index < -0.39 is 0 Å². The number of pyridine rings is 1. The predicted molar refractivity (Wildman–Crippen MR) is 99.8 cm³/mol. The molecule has 1 atom stereocenters. The molecule has 0 bridgehead atoms. The lowest BCUT2D eigenvalue weighted by atomic mass is 10.1. The van der Waals surface area contributed by atoms with E-state index in [0.29, 0.717) is 5.02 Å². The van der Waals surface area contributed by atoms with Gasteiger partial charge in [0, 0.05) is 23.0 Å². The number of hydrogen-bond donors (Lipinski definition) is 0. The van der Waals surface area contributed by atoms with E-state index >= 15 is 0 Å². The predicted octanol–water partition coefficient (Wildman–Crippen LogP) is 5.12. The van der Waals surface area contributed by atoms with Gasteiger partial charge < -0.3 is 0 Å². The summed E-state index contributed by atoms with van der Waals surface area (Å²) in [6.07, 6.45) is 3.71. The molecule has 120 valence electrons. The Hall–Kier alpha value is -2.11. The van der Waals surface area contributed by atoms with Gasteiger partial charge in [-0.2, -0.15) is 5.10 Å². The molecule has 0 saturated heterocycles. The standard InChI is InChI=1S/C18H15ClN4S/c1-11-16-17(13-4-3-9-20-10-13)24-12(2)21-18(16)23(22-11)15-7-5-14(19)6-8-15/h3-10,17H,1-2H3/t17-/m0/s1. The number of aryl methyl sites for hydroxylation is 1. The van der Waals surface area contributed by atoms with Crippen LogP contribution in [0, 0.1) is 6.92 Å². The van der Waals surface area contributed by atoms with Crippen LogP contribution in [0.25, 0.3) is 5.69 Å². The summed E-state index contributed by atoms with van der Waals surface area (Å²) in [7, 11) is 0. The lowest BCUT2D eigenvalue weighted by Crippen LogP contribution is -2.06. The summed E-state index contributed by atoms with van der Waals surface area (Å²) in [5.41, 5.74) is 4.25. The molecule has 3 heterocycles. The van der Waals surface area contributed by atoms with Gasteiger partial charge in [-0.25, -0.2) is 9.67 Å².